The number of phenols is 1. The van der Waals surface area contributed by atoms with Gasteiger partial charge in [-0.05, 0) is 24.5 Å². The number of aryl methyl sites for hydroxylation is 1. The molecule has 1 rings (SSSR count). The summed E-state index contributed by atoms with van der Waals surface area (Å²) in [6.07, 6.45) is 1.55. The first kappa shape index (κ1) is 12.9. The molecule has 0 aliphatic heterocycles. The summed E-state index contributed by atoms with van der Waals surface area (Å²) in [6, 6.07) is 1.89. The van der Waals surface area contributed by atoms with Crippen molar-refractivity contribution in [3.05, 3.63) is 23.5 Å². The van der Waals surface area contributed by atoms with Gasteiger partial charge in [-0.25, -0.2) is 12.8 Å². The third-order valence-electron chi connectivity index (χ3n) is 2.14. The highest BCUT2D eigenvalue weighted by Crippen LogP contribution is 2.25. The highest BCUT2D eigenvalue weighted by atomic mass is 32.2. The van der Waals surface area contributed by atoms with E-state index < -0.39 is 20.5 Å². The monoisotopic (exact) mass is 248 g/mol. The predicted octanol–water partition coefficient (Wildman–Crippen LogP) is 0.860. The molecule has 16 heavy (non-hydrogen) atoms. The van der Waals surface area contributed by atoms with Gasteiger partial charge in [0.2, 0.25) is 0 Å². The fraction of sp³-hybridized carbons (Fsp3) is 0.400. The van der Waals surface area contributed by atoms with Gasteiger partial charge in [0.05, 0.1) is 0 Å². The molecule has 2 N–H and O–H groups in total. The van der Waals surface area contributed by atoms with Gasteiger partial charge in [-0.2, -0.15) is 0 Å². The molecule has 0 spiro atoms. The maximum Gasteiger partial charge on any atom is 0.178 e. The van der Waals surface area contributed by atoms with E-state index in [2.05, 4.69) is 0 Å². The summed E-state index contributed by atoms with van der Waals surface area (Å²) in [5.74, 6) is -1.15. The molecule has 1 aromatic carbocycles. The van der Waals surface area contributed by atoms with E-state index in [0.29, 0.717) is 18.4 Å². The first-order valence-electron chi connectivity index (χ1n) is 4.68. The largest absolute Gasteiger partial charge is 0.508 e. The summed E-state index contributed by atoms with van der Waals surface area (Å²) in [7, 11) is -3.68. The summed E-state index contributed by atoms with van der Waals surface area (Å²) in [5, 5.41) is 18.1. The number of aliphatic hydroxyl groups excluding tert-OH is 1. The third-order valence-corrected chi connectivity index (χ3v) is 3.25. The second-order valence-corrected chi connectivity index (χ2v) is 5.49. The smallest absolute Gasteiger partial charge is 0.178 e. The van der Waals surface area contributed by atoms with Gasteiger partial charge in [0.15, 0.2) is 9.84 Å². The Labute approximate surface area is 93.3 Å². The molecule has 6 heteroatoms. The number of aliphatic hydroxyl groups is 1. The number of hydrogen-bond donors (Lipinski definition) is 2. The van der Waals surface area contributed by atoms with Crippen LogP contribution in [0.2, 0.25) is 0 Å². The van der Waals surface area contributed by atoms with Crippen LogP contribution in [0.25, 0.3) is 0 Å². The molecule has 0 radical (unpaired) electrons. The number of halogens is 1. The molecule has 90 valence electrons. The Morgan fingerprint density at radius 2 is 2.00 bits per heavy atom. The molecule has 1 aromatic rings. The normalized spacial score (nSPS) is 11.7. The number of sulfone groups is 1. The molecule has 0 aromatic heterocycles. The highest BCUT2D eigenvalue weighted by molar-refractivity contribution is 7.90. The number of hydrogen-bond acceptors (Lipinski definition) is 4. The van der Waals surface area contributed by atoms with Crippen LogP contribution in [0, 0.1) is 5.82 Å². The SMILES string of the molecule is CS(=O)(=O)c1cc(O)c(CCCO)cc1F. The van der Waals surface area contributed by atoms with Crippen molar-refractivity contribution in [1.82, 2.24) is 0 Å². The summed E-state index contributed by atoms with van der Waals surface area (Å²) in [4.78, 5) is -0.516. The molecule has 0 aliphatic carbocycles. The summed E-state index contributed by atoms with van der Waals surface area (Å²) < 4.78 is 35.7. The molecular formula is C10H13FO4S. The van der Waals surface area contributed by atoms with E-state index in [-0.39, 0.29) is 12.4 Å². The van der Waals surface area contributed by atoms with E-state index in [9.17, 15) is 17.9 Å². The maximum atomic E-state index is 13.4. The van der Waals surface area contributed by atoms with Crippen molar-refractivity contribution in [2.24, 2.45) is 0 Å². The lowest BCUT2D eigenvalue weighted by Crippen LogP contribution is -2.02. The van der Waals surface area contributed by atoms with Crippen LogP contribution in [-0.2, 0) is 16.3 Å². The summed E-state index contributed by atoms with van der Waals surface area (Å²) >= 11 is 0. The zero-order valence-electron chi connectivity index (χ0n) is 8.77. The molecule has 0 amide bonds. The average molecular weight is 248 g/mol. The van der Waals surface area contributed by atoms with Gasteiger partial charge in [0.1, 0.15) is 16.5 Å². The van der Waals surface area contributed by atoms with Crippen LogP contribution in [0.1, 0.15) is 12.0 Å². The third kappa shape index (κ3) is 2.93. The van der Waals surface area contributed by atoms with E-state index in [0.717, 1.165) is 18.4 Å². The van der Waals surface area contributed by atoms with Crippen LogP contribution in [0.15, 0.2) is 17.0 Å². The fourth-order valence-electron chi connectivity index (χ4n) is 1.34. The average Bonchev–Trinajstić information content (AvgIpc) is 2.17. The minimum absolute atomic E-state index is 0.0745. The molecule has 0 saturated heterocycles. The van der Waals surface area contributed by atoms with Crippen LogP contribution in [0.4, 0.5) is 4.39 Å². The molecular weight excluding hydrogens is 235 g/mol. The van der Waals surface area contributed by atoms with Crippen LogP contribution < -0.4 is 0 Å². The molecule has 0 saturated carbocycles. The highest BCUT2D eigenvalue weighted by Gasteiger charge is 2.16. The number of phenolic OH excluding ortho intramolecular Hbond substituents is 1. The molecule has 0 aliphatic rings. The van der Waals surface area contributed by atoms with Crippen LogP contribution in [0.5, 0.6) is 5.75 Å². The molecule has 0 fully saturated rings. The van der Waals surface area contributed by atoms with Crippen molar-refractivity contribution in [3.63, 3.8) is 0 Å². The first-order valence-corrected chi connectivity index (χ1v) is 6.57. The van der Waals surface area contributed by atoms with Gasteiger partial charge in [-0.1, -0.05) is 0 Å². The quantitative estimate of drug-likeness (QED) is 0.828. The number of rotatable bonds is 4. The lowest BCUT2D eigenvalue weighted by atomic mass is 10.1. The van der Waals surface area contributed by atoms with Crippen LogP contribution >= 0.6 is 0 Å². The van der Waals surface area contributed by atoms with Gasteiger partial charge in [-0.15, -0.1) is 0 Å². The molecule has 4 nitrogen and oxygen atoms in total. The van der Waals surface area contributed by atoms with E-state index in [1.807, 2.05) is 0 Å². The first-order chi connectivity index (χ1) is 7.36. The van der Waals surface area contributed by atoms with Crippen molar-refractivity contribution in [2.45, 2.75) is 17.7 Å². The summed E-state index contributed by atoms with van der Waals surface area (Å²) in [6.45, 7) is -0.0745. The van der Waals surface area contributed by atoms with E-state index in [1.165, 1.54) is 0 Å². The summed E-state index contributed by atoms with van der Waals surface area (Å²) in [5.41, 5.74) is 0.291. The topological polar surface area (TPSA) is 74.6 Å². The maximum absolute atomic E-state index is 13.4. The predicted molar refractivity (Wildman–Crippen MR) is 56.6 cm³/mol. The Kier molecular flexibility index (Phi) is 3.88. The van der Waals surface area contributed by atoms with Crippen molar-refractivity contribution in [2.75, 3.05) is 12.9 Å². The van der Waals surface area contributed by atoms with E-state index >= 15 is 0 Å². The van der Waals surface area contributed by atoms with Crippen molar-refractivity contribution in [3.8, 4) is 5.75 Å². The second kappa shape index (κ2) is 4.80. The van der Waals surface area contributed by atoms with Crippen LogP contribution in [0.3, 0.4) is 0 Å². The van der Waals surface area contributed by atoms with Crippen molar-refractivity contribution in [1.29, 1.82) is 0 Å². The van der Waals surface area contributed by atoms with Gasteiger partial charge >= 0.3 is 0 Å². The molecule has 0 bridgehead atoms. The second-order valence-electron chi connectivity index (χ2n) is 3.51. The standard InChI is InChI=1S/C10H13FO4S/c1-16(14,15)10-6-9(13)7(3-2-4-12)5-8(10)11/h5-6,12-13H,2-4H2,1H3. The molecule has 0 heterocycles. The fourth-order valence-corrected chi connectivity index (χ4v) is 2.08. The Hall–Kier alpha value is -1.14. The van der Waals surface area contributed by atoms with Crippen molar-refractivity contribution >= 4 is 9.84 Å². The lowest BCUT2D eigenvalue weighted by Gasteiger charge is -2.07. The number of aromatic hydroxyl groups is 1. The molecule has 0 unspecified atom stereocenters. The minimum Gasteiger partial charge on any atom is -0.508 e. The van der Waals surface area contributed by atoms with Crippen molar-refractivity contribution < 1.29 is 23.0 Å². The Morgan fingerprint density at radius 1 is 1.38 bits per heavy atom. The zero-order chi connectivity index (χ0) is 12.3. The Bertz CT molecular complexity index is 482. The lowest BCUT2D eigenvalue weighted by molar-refractivity contribution is 0.288. The van der Waals surface area contributed by atoms with E-state index in [4.69, 9.17) is 5.11 Å². The Morgan fingerprint density at radius 3 is 2.50 bits per heavy atom. The molecule has 0 atom stereocenters. The van der Waals surface area contributed by atoms with Crippen LogP contribution in [-0.4, -0.2) is 31.5 Å². The van der Waals surface area contributed by atoms with Gasteiger partial charge in [0, 0.05) is 18.9 Å². The van der Waals surface area contributed by atoms with E-state index in [1.54, 1.807) is 0 Å². The minimum atomic E-state index is -3.68. The Balaban J connectivity index is 3.17. The number of benzene rings is 1. The van der Waals surface area contributed by atoms with Gasteiger partial charge < -0.3 is 10.2 Å². The zero-order valence-corrected chi connectivity index (χ0v) is 9.59. The van der Waals surface area contributed by atoms with Gasteiger partial charge in [0.25, 0.3) is 0 Å². The van der Waals surface area contributed by atoms with Gasteiger partial charge in [-0.3, -0.25) is 0 Å².